The van der Waals surface area contributed by atoms with E-state index in [1.165, 1.54) is 22.7 Å². The first-order valence-corrected chi connectivity index (χ1v) is 13.1. The lowest BCUT2D eigenvalue weighted by atomic mass is 10.0. The lowest BCUT2D eigenvalue weighted by molar-refractivity contribution is -0.145. The third-order valence-corrected chi connectivity index (χ3v) is 11.9. The molecule has 0 bridgehead atoms. The molecule has 32 heavy (non-hydrogen) atoms. The zero-order valence-corrected chi connectivity index (χ0v) is 19.5. The van der Waals surface area contributed by atoms with E-state index in [-0.39, 0.29) is 17.4 Å². The quantitative estimate of drug-likeness (QED) is 0.245. The van der Waals surface area contributed by atoms with Gasteiger partial charge in [0.05, 0.1) is 13.0 Å². The summed E-state index contributed by atoms with van der Waals surface area (Å²) in [6.45, 7) is 2.01. The fourth-order valence-corrected chi connectivity index (χ4v) is 10.8. The monoisotopic (exact) mass is 436 g/mol. The Kier molecular flexibility index (Phi) is 6.67. The Morgan fingerprint density at radius 3 is 1.31 bits per heavy atom. The minimum atomic E-state index is -2.74. The van der Waals surface area contributed by atoms with Crippen LogP contribution in [-0.2, 0) is 9.53 Å². The van der Waals surface area contributed by atoms with E-state index >= 15 is 0 Å². The van der Waals surface area contributed by atoms with E-state index in [1.54, 1.807) is 0 Å². The summed E-state index contributed by atoms with van der Waals surface area (Å²) in [6, 6.07) is 42.6. The lowest BCUT2D eigenvalue weighted by Gasteiger charge is -2.43. The highest BCUT2D eigenvalue weighted by Crippen LogP contribution is 2.35. The molecule has 0 heterocycles. The molecule has 0 spiro atoms. The smallest absolute Gasteiger partial charge is 0.308 e. The first-order valence-electron chi connectivity index (χ1n) is 11.0. The number of esters is 1. The second-order valence-electron chi connectivity index (χ2n) is 8.11. The molecule has 4 rings (SSSR count). The molecule has 0 amide bonds. The van der Waals surface area contributed by atoms with Gasteiger partial charge in [-0.1, -0.05) is 128 Å². The van der Waals surface area contributed by atoms with E-state index in [0.717, 1.165) is 5.56 Å². The van der Waals surface area contributed by atoms with Gasteiger partial charge in [0, 0.05) is 5.54 Å². The standard InChI is InChI=1S/C29H28O2Si/c1-23(29(30)31-2)28(24-15-7-3-8-16-24)32(25-17-9-4-10-18-25,26-19-11-5-12-20-26)27-21-13-6-14-22-27/h3-23,28H,1-2H3/t23-,28+/m0/s1. The predicted octanol–water partition coefficient (Wildman–Crippen LogP) is 4.29. The molecule has 0 saturated heterocycles. The molecule has 2 atom stereocenters. The van der Waals surface area contributed by atoms with E-state index in [1.807, 2.05) is 13.0 Å². The van der Waals surface area contributed by atoms with Crippen LogP contribution in [0.15, 0.2) is 121 Å². The Labute approximate surface area is 191 Å². The molecule has 0 fully saturated rings. The molecule has 3 heteroatoms. The van der Waals surface area contributed by atoms with Gasteiger partial charge in [-0.3, -0.25) is 4.79 Å². The summed E-state index contributed by atoms with van der Waals surface area (Å²) in [6.07, 6.45) is 0. The van der Waals surface area contributed by atoms with E-state index < -0.39 is 8.07 Å². The molecule has 4 aromatic carbocycles. The highest BCUT2D eigenvalue weighted by atomic mass is 28.3. The van der Waals surface area contributed by atoms with Crippen molar-refractivity contribution in [1.29, 1.82) is 0 Å². The number of ether oxygens (including phenoxy) is 1. The summed E-state index contributed by atoms with van der Waals surface area (Å²) in [4.78, 5) is 13.1. The summed E-state index contributed by atoms with van der Waals surface area (Å²) in [5.74, 6) is -0.506. The van der Waals surface area contributed by atoms with Gasteiger partial charge in [0.2, 0.25) is 0 Å². The van der Waals surface area contributed by atoms with Crippen molar-refractivity contribution in [2.45, 2.75) is 12.5 Å². The van der Waals surface area contributed by atoms with Crippen molar-refractivity contribution in [2.75, 3.05) is 7.11 Å². The van der Waals surface area contributed by atoms with E-state index in [9.17, 15) is 4.79 Å². The van der Waals surface area contributed by atoms with Crippen LogP contribution < -0.4 is 15.6 Å². The largest absolute Gasteiger partial charge is 0.469 e. The number of carbonyl (C=O) groups excluding carboxylic acids is 1. The highest BCUT2D eigenvalue weighted by Gasteiger charge is 2.50. The molecule has 0 aliphatic carbocycles. The Bertz CT molecular complexity index is 1030. The van der Waals surface area contributed by atoms with Gasteiger partial charge < -0.3 is 4.74 Å². The van der Waals surface area contributed by atoms with E-state index in [4.69, 9.17) is 4.74 Å². The molecular formula is C29H28O2Si. The van der Waals surface area contributed by atoms with E-state index in [0.29, 0.717) is 0 Å². The topological polar surface area (TPSA) is 26.3 Å². The second-order valence-corrected chi connectivity index (χ2v) is 12.1. The molecule has 0 radical (unpaired) electrons. The van der Waals surface area contributed by atoms with Crippen molar-refractivity contribution in [3.63, 3.8) is 0 Å². The Hall–Kier alpha value is -3.43. The Morgan fingerprint density at radius 1 is 0.625 bits per heavy atom. The fourth-order valence-electron chi connectivity index (χ4n) is 5.04. The van der Waals surface area contributed by atoms with Crippen LogP contribution in [-0.4, -0.2) is 21.2 Å². The van der Waals surface area contributed by atoms with Crippen LogP contribution in [0.1, 0.15) is 18.0 Å². The SMILES string of the molecule is COC(=O)[C@@H](C)[C@H](c1ccccc1)[Si](c1ccccc1)(c1ccccc1)c1ccccc1. The molecule has 0 aliphatic heterocycles. The minimum absolute atomic E-state index is 0.0525. The Morgan fingerprint density at radius 2 is 0.969 bits per heavy atom. The van der Waals surface area contributed by atoms with Gasteiger partial charge in [0.15, 0.2) is 8.07 Å². The molecule has 0 saturated carbocycles. The maximum absolute atomic E-state index is 13.1. The highest BCUT2D eigenvalue weighted by molar-refractivity contribution is 7.12. The number of carbonyl (C=O) groups is 1. The third-order valence-electron chi connectivity index (χ3n) is 6.39. The van der Waals surface area contributed by atoms with Crippen molar-refractivity contribution in [2.24, 2.45) is 5.92 Å². The minimum Gasteiger partial charge on any atom is -0.469 e. The molecular weight excluding hydrogens is 408 g/mol. The summed E-state index contributed by atoms with van der Waals surface area (Å²) in [5.41, 5.74) is 1.11. The number of hydrogen-bond acceptors (Lipinski definition) is 2. The summed E-state index contributed by atoms with van der Waals surface area (Å²) in [5, 5.41) is 3.84. The summed E-state index contributed by atoms with van der Waals surface area (Å²) < 4.78 is 5.30. The van der Waals surface area contributed by atoms with Gasteiger partial charge in [-0.05, 0) is 21.1 Å². The molecule has 2 nitrogen and oxygen atoms in total. The molecule has 0 aliphatic rings. The van der Waals surface area contributed by atoms with Crippen molar-refractivity contribution < 1.29 is 9.53 Å². The maximum Gasteiger partial charge on any atom is 0.308 e. The predicted molar refractivity (Wildman–Crippen MR) is 134 cm³/mol. The van der Waals surface area contributed by atoms with Crippen LogP contribution in [0, 0.1) is 5.92 Å². The summed E-state index contributed by atoms with van der Waals surface area (Å²) in [7, 11) is -1.25. The number of hydrogen-bond donors (Lipinski definition) is 0. The van der Waals surface area contributed by atoms with Gasteiger partial charge >= 0.3 is 5.97 Å². The first kappa shape index (κ1) is 21.8. The van der Waals surface area contributed by atoms with Crippen molar-refractivity contribution in [3.05, 3.63) is 127 Å². The van der Waals surface area contributed by atoms with E-state index in [2.05, 4.69) is 115 Å². The normalized spacial score (nSPS) is 13.2. The average molecular weight is 437 g/mol. The van der Waals surface area contributed by atoms with Gasteiger partial charge in [-0.25, -0.2) is 0 Å². The zero-order valence-electron chi connectivity index (χ0n) is 18.5. The van der Waals surface area contributed by atoms with Gasteiger partial charge in [0.1, 0.15) is 0 Å². The van der Waals surface area contributed by atoms with Crippen LogP contribution in [0.4, 0.5) is 0 Å². The molecule has 160 valence electrons. The molecule has 0 N–H and O–H groups in total. The second kappa shape index (κ2) is 9.80. The van der Waals surface area contributed by atoms with Gasteiger partial charge in [0.25, 0.3) is 0 Å². The van der Waals surface area contributed by atoms with Crippen LogP contribution in [0.5, 0.6) is 0 Å². The van der Waals surface area contributed by atoms with Crippen LogP contribution in [0.25, 0.3) is 0 Å². The van der Waals surface area contributed by atoms with Crippen molar-refractivity contribution >= 4 is 29.6 Å². The van der Waals surface area contributed by atoms with Crippen LogP contribution in [0.2, 0.25) is 0 Å². The first-order chi connectivity index (χ1) is 15.7. The lowest BCUT2D eigenvalue weighted by Crippen LogP contribution is -2.72. The molecule has 0 aromatic heterocycles. The fraction of sp³-hybridized carbons (Fsp3) is 0.138. The third kappa shape index (κ3) is 3.92. The number of benzene rings is 4. The molecule has 4 aromatic rings. The van der Waals surface area contributed by atoms with Crippen LogP contribution >= 0.6 is 0 Å². The van der Waals surface area contributed by atoms with Crippen molar-refractivity contribution in [1.82, 2.24) is 0 Å². The number of methoxy groups -OCH3 is 1. The van der Waals surface area contributed by atoms with Crippen LogP contribution in [0.3, 0.4) is 0 Å². The van der Waals surface area contributed by atoms with Gasteiger partial charge in [-0.2, -0.15) is 0 Å². The zero-order chi connectivity index (χ0) is 22.4. The maximum atomic E-state index is 13.1. The Balaban J connectivity index is 2.15. The van der Waals surface area contributed by atoms with Gasteiger partial charge in [-0.15, -0.1) is 0 Å². The molecule has 0 unspecified atom stereocenters. The summed E-state index contributed by atoms with van der Waals surface area (Å²) >= 11 is 0. The average Bonchev–Trinajstić information content (AvgIpc) is 2.88. The number of rotatable bonds is 7. The van der Waals surface area contributed by atoms with Crippen molar-refractivity contribution in [3.8, 4) is 0 Å².